The highest BCUT2D eigenvalue weighted by atomic mass is 35.5. The number of carbonyl (C=O) groups excluding carboxylic acids is 1. The van der Waals surface area contributed by atoms with E-state index >= 15 is 0 Å². The Morgan fingerprint density at radius 1 is 1.53 bits per heavy atom. The van der Waals surface area contributed by atoms with Crippen LogP contribution in [-0.4, -0.2) is 29.2 Å². The average Bonchev–Trinajstić information content (AvgIpc) is 2.86. The maximum Gasteiger partial charge on any atom is 0.224 e. The fraction of sp³-hybridized carbons (Fsp3) is 0.750. The zero-order chi connectivity index (χ0) is 13.0. The maximum absolute atomic E-state index is 11.9. The molecular weight excluding hydrogens is 284 g/mol. The Morgan fingerprint density at radius 3 is 2.89 bits per heavy atom. The van der Waals surface area contributed by atoms with Gasteiger partial charge in [-0.3, -0.25) is 4.79 Å². The number of rotatable bonds is 4. The Morgan fingerprint density at radius 2 is 2.32 bits per heavy atom. The number of piperidine rings is 1. The minimum Gasteiger partial charge on any atom is -0.349 e. The smallest absolute Gasteiger partial charge is 0.224 e. The molecule has 2 N–H and O–H groups in total. The molecule has 0 radical (unpaired) electrons. The summed E-state index contributed by atoms with van der Waals surface area (Å²) in [7, 11) is 0. The highest BCUT2D eigenvalue weighted by Gasteiger charge is 2.20. The molecule has 1 aliphatic heterocycles. The minimum atomic E-state index is 0. The molecule has 1 amide bonds. The van der Waals surface area contributed by atoms with E-state index in [1.54, 1.807) is 11.3 Å². The highest BCUT2D eigenvalue weighted by molar-refractivity contribution is 7.11. The number of nitrogens with zero attached hydrogens (tertiary/aromatic N) is 2. The van der Waals surface area contributed by atoms with Crippen LogP contribution in [0.25, 0.3) is 0 Å². The summed E-state index contributed by atoms with van der Waals surface area (Å²) in [5, 5.41) is 16.3. The Hall–Kier alpha value is -0.720. The van der Waals surface area contributed by atoms with E-state index in [1.165, 1.54) is 0 Å². The molecule has 1 aliphatic rings. The average molecular weight is 305 g/mol. The van der Waals surface area contributed by atoms with Gasteiger partial charge in [0, 0.05) is 12.5 Å². The normalized spacial score (nSPS) is 19.0. The Bertz CT molecular complexity index is 404. The molecule has 0 bridgehead atoms. The first kappa shape index (κ1) is 16.3. The van der Waals surface area contributed by atoms with Crippen LogP contribution in [0, 0.1) is 5.92 Å². The fourth-order valence-corrected chi connectivity index (χ4v) is 2.74. The molecule has 19 heavy (non-hydrogen) atoms. The zero-order valence-electron chi connectivity index (χ0n) is 11.3. The number of nitrogens with one attached hydrogen (secondary N) is 2. The zero-order valence-corrected chi connectivity index (χ0v) is 12.9. The summed E-state index contributed by atoms with van der Waals surface area (Å²) >= 11 is 1.58. The molecule has 2 rings (SSSR count). The van der Waals surface area contributed by atoms with Crippen molar-refractivity contribution in [3.63, 3.8) is 0 Å². The lowest BCUT2D eigenvalue weighted by Crippen LogP contribution is -2.40. The summed E-state index contributed by atoms with van der Waals surface area (Å²) in [5.41, 5.74) is 0. The van der Waals surface area contributed by atoms with Crippen LogP contribution in [0.3, 0.4) is 0 Å². The fourth-order valence-electron chi connectivity index (χ4n) is 1.95. The van der Waals surface area contributed by atoms with Gasteiger partial charge in [-0.1, -0.05) is 25.2 Å². The van der Waals surface area contributed by atoms with Gasteiger partial charge in [-0.05, 0) is 19.4 Å². The lowest BCUT2D eigenvalue weighted by atomic mass is 9.99. The van der Waals surface area contributed by atoms with Crippen LogP contribution in [0.15, 0.2) is 0 Å². The Labute approximate surface area is 124 Å². The second kappa shape index (κ2) is 7.77. The van der Waals surface area contributed by atoms with E-state index < -0.39 is 0 Å². The highest BCUT2D eigenvalue weighted by Crippen LogP contribution is 2.18. The van der Waals surface area contributed by atoms with Crippen LogP contribution in [-0.2, 0) is 11.3 Å². The van der Waals surface area contributed by atoms with Crippen molar-refractivity contribution in [3.05, 3.63) is 10.0 Å². The van der Waals surface area contributed by atoms with Crippen LogP contribution in [0.2, 0.25) is 0 Å². The number of aromatic nitrogens is 2. The second-order valence-corrected chi connectivity index (χ2v) is 6.04. The molecule has 7 heteroatoms. The molecule has 1 saturated heterocycles. The summed E-state index contributed by atoms with van der Waals surface area (Å²) in [4.78, 5) is 11.9. The van der Waals surface area contributed by atoms with Gasteiger partial charge in [0.2, 0.25) is 5.91 Å². The second-order valence-electron chi connectivity index (χ2n) is 4.95. The lowest BCUT2D eigenvalue weighted by molar-refractivity contribution is -0.125. The van der Waals surface area contributed by atoms with Crippen LogP contribution >= 0.6 is 23.7 Å². The molecule has 1 unspecified atom stereocenters. The number of hydrogen-bond acceptors (Lipinski definition) is 5. The maximum atomic E-state index is 11.9. The molecule has 0 spiro atoms. The summed E-state index contributed by atoms with van der Waals surface area (Å²) in [6.45, 7) is 6.50. The Kier molecular flexibility index (Phi) is 6.68. The topological polar surface area (TPSA) is 66.9 Å². The van der Waals surface area contributed by atoms with Gasteiger partial charge in [0.25, 0.3) is 0 Å². The standard InChI is InChI=1S/C12H20N4OS.ClH/c1-8(2)12-16-15-10(18-12)7-14-11(17)9-4-3-5-13-6-9;/h8-9,13H,3-7H2,1-2H3,(H,14,17);1H. The quantitative estimate of drug-likeness (QED) is 0.888. The summed E-state index contributed by atoms with van der Waals surface area (Å²) < 4.78 is 0. The molecule has 0 saturated carbocycles. The third-order valence-electron chi connectivity index (χ3n) is 3.06. The summed E-state index contributed by atoms with van der Waals surface area (Å²) in [6.07, 6.45) is 2.06. The summed E-state index contributed by atoms with van der Waals surface area (Å²) in [5.74, 6) is 0.634. The molecule has 0 aromatic carbocycles. The molecule has 1 atom stereocenters. The van der Waals surface area contributed by atoms with E-state index in [0.29, 0.717) is 12.5 Å². The number of halogens is 1. The predicted octanol–water partition coefficient (Wildman–Crippen LogP) is 1.70. The van der Waals surface area contributed by atoms with Gasteiger partial charge in [-0.2, -0.15) is 0 Å². The van der Waals surface area contributed by atoms with E-state index in [1.807, 2.05) is 0 Å². The van der Waals surface area contributed by atoms with Gasteiger partial charge < -0.3 is 10.6 Å². The van der Waals surface area contributed by atoms with Gasteiger partial charge in [-0.25, -0.2) is 0 Å². The van der Waals surface area contributed by atoms with E-state index in [9.17, 15) is 4.79 Å². The van der Waals surface area contributed by atoms with Crippen LogP contribution in [0.5, 0.6) is 0 Å². The van der Waals surface area contributed by atoms with Crippen LogP contribution < -0.4 is 10.6 Å². The van der Waals surface area contributed by atoms with Gasteiger partial charge >= 0.3 is 0 Å². The number of hydrogen-bond donors (Lipinski definition) is 2. The van der Waals surface area contributed by atoms with E-state index in [4.69, 9.17) is 0 Å². The molecule has 0 aliphatic carbocycles. The number of carbonyl (C=O) groups is 1. The Balaban J connectivity index is 0.00000180. The lowest BCUT2D eigenvalue weighted by Gasteiger charge is -2.21. The molecular formula is C12H21ClN4OS. The van der Waals surface area contributed by atoms with Crippen molar-refractivity contribution < 1.29 is 4.79 Å². The SMILES string of the molecule is CC(C)c1nnc(CNC(=O)C2CCCNC2)s1.Cl. The third-order valence-corrected chi connectivity index (χ3v) is 4.28. The molecule has 5 nitrogen and oxygen atoms in total. The van der Waals surface area contributed by atoms with E-state index in [-0.39, 0.29) is 24.2 Å². The van der Waals surface area contributed by atoms with Crippen molar-refractivity contribution in [1.29, 1.82) is 0 Å². The first-order valence-electron chi connectivity index (χ1n) is 6.47. The number of amides is 1. The molecule has 1 fully saturated rings. The summed E-state index contributed by atoms with van der Waals surface area (Å²) in [6, 6.07) is 0. The largest absolute Gasteiger partial charge is 0.349 e. The van der Waals surface area contributed by atoms with Gasteiger partial charge in [-0.15, -0.1) is 22.6 Å². The molecule has 108 valence electrons. The first-order valence-corrected chi connectivity index (χ1v) is 7.29. The van der Waals surface area contributed by atoms with Crippen LogP contribution in [0.4, 0.5) is 0 Å². The molecule has 1 aromatic rings. The van der Waals surface area contributed by atoms with Gasteiger partial charge in [0.05, 0.1) is 12.5 Å². The van der Waals surface area contributed by atoms with Gasteiger partial charge in [0.1, 0.15) is 10.0 Å². The van der Waals surface area contributed by atoms with Crippen molar-refractivity contribution in [1.82, 2.24) is 20.8 Å². The van der Waals surface area contributed by atoms with Crippen molar-refractivity contribution in [3.8, 4) is 0 Å². The first-order chi connectivity index (χ1) is 8.66. The van der Waals surface area contributed by atoms with E-state index in [0.717, 1.165) is 35.9 Å². The molecule has 1 aromatic heterocycles. The van der Waals surface area contributed by atoms with Crippen molar-refractivity contribution in [2.45, 2.75) is 39.2 Å². The van der Waals surface area contributed by atoms with Crippen molar-refractivity contribution in [2.75, 3.05) is 13.1 Å². The molecule has 2 heterocycles. The van der Waals surface area contributed by atoms with Gasteiger partial charge in [0.15, 0.2) is 0 Å². The minimum absolute atomic E-state index is 0. The van der Waals surface area contributed by atoms with E-state index in [2.05, 4.69) is 34.7 Å². The predicted molar refractivity (Wildman–Crippen MR) is 78.7 cm³/mol. The van der Waals surface area contributed by atoms with Crippen LogP contribution in [0.1, 0.15) is 42.6 Å². The monoisotopic (exact) mass is 304 g/mol. The van der Waals surface area contributed by atoms with Crippen molar-refractivity contribution >= 4 is 29.7 Å². The van der Waals surface area contributed by atoms with Crippen molar-refractivity contribution in [2.24, 2.45) is 5.92 Å². The third kappa shape index (κ3) is 4.71.